The first-order valence-electron chi connectivity index (χ1n) is 4.78. The summed E-state index contributed by atoms with van der Waals surface area (Å²) in [6.07, 6.45) is 2.04. The van der Waals surface area contributed by atoms with Crippen LogP contribution in [0.15, 0.2) is 24.3 Å². The van der Waals surface area contributed by atoms with Gasteiger partial charge in [-0.2, -0.15) is 0 Å². The van der Waals surface area contributed by atoms with E-state index < -0.39 is 0 Å². The Labute approximate surface area is 83.0 Å². The van der Waals surface area contributed by atoms with E-state index in [-0.39, 0.29) is 12.0 Å². The Morgan fingerprint density at radius 3 is 3.07 bits per heavy atom. The normalized spacial score (nSPS) is 19.1. The van der Waals surface area contributed by atoms with Crippen molar-refractivity contribution in [1.82, 2.24) is 5.48 Å². The average molecular weight is 191 g/mol. The van der Waals surface area contributed by atoms with Gasteiger partial charge in [0.05, 0.1) is 6.04 Å². The van der Waals surface area contributed by atoms with E-state index in [9.17, 15) is 4.79 Å². The number of carbonyl (C=O) groups is 1. The maximum absolute atomic E-state index is 10.6. The number of carbonyl (C=O) groups excluding carboxylic acids is 1. The molecule has 0 aromatic heterocycles. The van der Waals surface area contributed by atoms with Gasteiger partial charge in [0.25, 0.3) is 0 Å². The number of hydrogen-bond acceptors (Lipinski definition) is 3. The number of hydroxylamine groups is 1. The molecule has 0 aliphatic heterocycles. The Morgan fingerprint density at radius 1 is 1.50 bits per heavy atom. The molecule has 0 fully saturated rings. The van der Waals surface area contributed by atoms with Crippen molar-refractivity contribution in [2.75, 3.05) is 0 Å². The molecule has 1 aromatic carbocycles. The summed E-state index contributed by atoms with van der Waals surface area (Å²) in [6.45, 7) is 1.40. The Morgan fingerprint density at radius 2 is 2.29 bits per heavy atom. The number of fused-ring (bicyclic) bond motifs is 1. The number of aryl methyl sites for hydroxylation is 1. The van der Waals surface area contributed by atoms with E-state index in [0.29, 0.717) is 0 Å². The van der Waals surface area contributed by atoms with Crippen molar-refractivity contribution >= 4 is 5.97 Å². The van der Waals surface area contributed by atoms with E-state index in [1.807, 2.05) is 12.1 Å². The van der Waals surface area contributed by atoms with Crippen LogP contribution >= 0.6 is 0 Å². The predicted molar refractivity (Wildman–Crippen MR) is 52.4 cm³/mol. The van der Waals surface area contributed by atoms with Crippen LogP contribution in [0.2, 0.25) is 0 Å². The van der Waals surface area contributed by atoms with Gasteiger partial charge in [0.2, 0.25) is 0 Å². The van der Waals surface area contributed by atoms with Crippen molar-refractivity contribution in [3.63, 3.8) is 0 Å². The standard InChI is InChI=1S/C11H13NO2/c1-8(13)14-12-11-7-6-9-4-2-3-5-10(9)11/h2-5,11-12H,6-7H2,1H3. The minimum atomic E-state index is -0.297. The molecule has 3 heteroatoms. The lowest BCUT2D eigenvalue weighted by molar-refractivity contribution is -0.150. The minimum absolute atomic E-state index is 0.162. The zero-order valence-electron chi connectivity index (χ0n) is 8.12. The third kappa shape index (κ3) is 1.77. The molecule has 0 radical (unpaired) electrons. The third-order valence-electron chi connectivity index (χ3n) is 2.48. The van der Waals surface area contributed by atoms with Gasteiger partial charge < -0.3 is 4.84 Å². The van der Waals surface area contributed by atoms with Crippen LogP contribution in [-0.2, 0) is 16.1 Å². The summed E-state index contributed by atoms with van der Waals surface area (Å²) < 4.78 is 0. The molecule has 3 nitrogen and oxygen atoms in total. The molecule has 1 aliphatic carbocycles. The van der Waals surface area contributed by atoms with Crippen LogP contribution in [-0.4, -0.2) is 5.97 Å². The van der Waals surface area contributed by atoms with Gasteiger partial charge in [-0.15, -0.1) is 5.48 Å². The first kappa shape index (κ1) is 9.21. The summed E-state index contributed by atoms with van der Waals surface area (Å²) in [5.74, 6) is -0.297. The molecule has 14 heavy (non-hydrogen) atoms. The highest BCUT2D eigenvalue weighted by Crippen LogP contribution is 2.30. The van der Waals surface area contributed by atoms with E-state index >= 15 is 0 Å². The number of hydrogen-bond donors (Lipinski definition) is 1. The zero-order valence-corrected chi connectivity index (χ0v) is 8.12. The van der Waals surface area contributed by atoms with Gasteiger partial charge in [-0.25, -0.2) is 0 Å². The van der Waals surface area contributed by atoms with Crippen molar-refractivity contribution in [1.29, 1.82) is 0 Å². The van der Waals surface area contributed by atoms with Gasteiger partial charge in [-0.1, -0.05) is 24.3 Å². The van der Waals surface area contributed by atoms with Gasteiger partial charge in [-0.3, -0.25) is 4.79 Å². The van der Waals surface area contributed by atoms with E-state index in [1.165, 1.54) is 18.1 Å². The van der Waals surface area contributed by atoms with E-state index in [2.05, 4.69) is 17.6 Å². The average Bonchev–Trinajstić information content (AvgIpc) is 2.58. The SMILES string of the molecule is CC(=O)ONC1CCc2ccccc21. The summed E-state index contributed by atoms with van der Waals surface area (Å²) in [6, 6.07) is 8.39. The Balaban J connectivity index is 2.07. The monoisotopic (exact) mass is 191 g/mol. The van der Waals surface area contributed by atoms with Crippen LogP contribution in [0.5, 0.6) is 0 Å². The molecule has 2 rings (SSSR count). The molecule has 0 bridgehead atoms. The molecule has 0 amide bonds. The zero-order chi connectivity index (χ0) is 9.97. The van der Waals surface area contributed by atoms with Crippen LogP contribution in [0.1, 0.15) is 30.5 Å². The van der Waals surface area contributed by atoms with Gasteiger partial charge in [0, 0.05) is 6.92 Å². The summed E-state index contributed by atoms with van der Waals surface area (Å²) in [5.41, 5.74) is 5.38. The summed E-state index contributed by atoms with van der Waals surface area (Å²) in [5, 5.41) is 0. The Hall–Kier alpha value is -1.35. The van der Waals surface area contributed by atoms with Crippen LogP contribution < -0.4 is 5.48 Å². The molecule has 1 aliphatic rings. The fourth-order valence-corrected chi connectivity index (χ4v) is 1.83. The first-order chi connectivity index (χ1) is 6.77. The lowest BCUT2D eigenvalue weighted by Gasteiger charge is -2.12. The second kappa shape index (κ2) is 3.80. The molecule has 0 saturated carbocycles. The number of benzene rings is 1. The second-order valence-corrected chi connectivity index (χ2v) is 3.50. The van der Waals surface area contributed by atoms with Crippen LogP contribution in [0.25, 0.3) is 0 Å². The minimum Gasteiger partial charge on any atom is -0.370 e. The molecule has 1 atom stereocenters. The maximum atomic E-state index is 10.6. The molecule has 1 unspecified atom stereocenters. The Bertz CT molecular complexity index is 349. The van der Waals surface area contributed by atoms with Gasteiger partial charge in [0.1, 0.15) is 0 Å². The van der Waals surface area contributed by atoms with Gasteiger partial charge in [-0.05, 0) is 24.0 Å². The molecule has 0 heterocycles. The number of rotatable bonds is 2. The summed E-state index contributed by atoms with van der Waals surface area (Å²) in [4.78, 5) is 15.4. The largest absolute Gasteiger partial charge is 0.370 e. The van der Waals surface area contributed by atoms with Crippen molar-refractivity contribution in [2.45, 2.75) is 25.8 Å². The van der Waals surface area contributed by atoms with Gasteiger partial charge >= 0.3 is 5.97 Å². The molecule has 0 spiro atoms. The molecule has 74 valence electrons. The smallest absolute Gasteiger partial charge is 0.321 e. The molecule has 1 N–H and O–H groups in total. The molecule has 0 saturated heterocycles. The molecular formula is C11H13NO2. The molecule has 1 aromatic rings. The lowest BCUT2D eigenvalue weighted by atomic mass is 10.1. The predicted octanol–water partition coefficient (Wildman–Crippen LogP) is 1.74. The first-order valence-corrected chi connectivity index (χ1v) is 4.78. The summed E-state index contributed by atoms with van der Waals surface area (Å²) in [7, 11) is 0. The summed E-state index contributed by atoms with van der Waals surface area (Å²) >= 11 is 0. The van der Waals surface area contributed by atoms with Gasteiger partial charge in [0.15, 0.2) is 0 Å². The van der Waals surface area contributed by atoms with Crippen molar-refractivity contribution in [3.05, 3.63) is 35.4 Å². The highest BCUT2D eigenvalue weighted by Gasteiger charge is 2.22. The van der Waals surface area contributed by atoms with Crippen molar-refractivity contribution in [3.8, 4) is 0 Å². The highest BCUT2D eigenvalue weighted by molar-refractivity contribution is 5.65. The fourth-order valence-electron chi connectivity index (χ4n) is 1.83. The lowest BCUT2D eigenvalue weighted by Crippen LogP contribution is -2.22. The van der Waals surface area contributed by atoms with E-state index in [4.69, 9.17) is 4.84 Å². The van der Waals surface area contributed by atoms with Crippen LogP contribution in [0, 0.1) is 0 Å². The van der Waals surface area contributed by atoms with Crippen molar-refractivity contribution in [2.24, 2.45) is 0 Å². The van der Waals surface area contributed by atoms with Crippen LogP contribution in [0.3, 0.4) is 0 Å². The maximum Gasteiger partial charge on any atom is 0.321 e. The van der Waals surface area contributed by atoms with E-state index in [0.717, 1.165) is 12.8 Å². The Kier molecular flexibility index (Phi) is 2.50. The quantitative estimate of drug-likeness (QED) is 0.724. The van der Waals surface area contributed by atoms with Crippen molar-refractivity contribution < 1.29 is 9.63 Å². The second-order valence-electron chi connectivity index (χ2n) is 3.50. The number of nitrogens with one attached hydrogen (secondary N) is 1. The van der Waals surface area contributed by atoms with E-state index in [1.54, 1.807) is 0 Å². The fraction of sp³-hybridized carbons (Fsp3) is 0.364. The highest BCUT2D eigenvalue weighted by atomic mass is 16.7. The third-order valence-corrected chi connectivity index (χ3v) is 2.48. The van der Waals surface area contributed by atoms with Crippen LogP contribution in [0.4, 0.5) is 0 Å². The topological polar surface area (TPSA) is 38.3 Å². The molecular weight excluding hydrogens is 178 g/mol.